The summed E-state index contributed by atoms with van der Waals surface area (Å²) in [6, 6.07) is 13.8. The van der Waals surface area contributed by atoms with Gasteiger partial charge in [0.2, 0.25) is 15.9 Å². The number of carbonyl (C=O) groups excluding carboxylic acids is 1. The molecule has 138 valence electrons. The van der Waals surface area contributed by atoms with E-state index in [1.807, 2.05) is 31.2 Å². The van der Waals surface area contributed by atoms with E-state index in [9.17, 15) is 13.2 Å². The molecule has 3 rings (SSSR count). The minimum Gasteiger partial charge on any atom is -0.352 e. The van der Waals surface area contributed by atoms with E-state index in [0.717, 1.165) is 24.0 Å². The van der Waals surface area contributed by atoms with Crippen molar-refractivity contribution in [1.82, 2.24) is 9.62 Å². The largest absolute Gasteiger partial charge is 0.352 e. The number of hydrogen-bond acceptors (Lipinski definition) is 3. The summed E-state index contributed by atoms with van der Waals surface area (Å²) in [4.78, 5) is 12.4. The molecule has 1 amide bonds. The number of nitrogens with zero attached hydrogens (tertiary/aromatic N) is 1. The van der Waals surface area contributed by atoms with Crippen LogP contribution in [0.25, 0.3) is 0 Å². The summed E-state index contributed by atoms with van der Waals surface area (Å²) in [5.41, 5.74) is 1.87. The Morgan fingerprint density at radius 2 is 1.88 bits per heavy atom. The number of nitrogens with one attached hydrogen (secondary N) is 1. The molecule has 1 fully saturated rings. The van der Waals surface area contributed by atoms with Crippen LogP contribution in [0, 0.1) is 6.92 Å². The maximum atomic E-state index is 13.1. The predicted octanol–water partition coefficient (Wildman–Crippen LogP) is 3.12. The van der Waals surface area contributed by atoms with Crippen LogP contribution in [0.2, 0.25) is 5.02 Å². The van der Waals surface area contributed by atoms with Crippen molar-refractivity contribution < 1.29 is 13.2 Å². The number of sulfonamides is 1. The first-order chi connectivity index (χ1) is 12.3. The summed E-state index contributed by atoms with van der Waals surface area (Å²) in [5.74, 6) is -0.280. The molecule has 1 aliphatic rings. The van der Waals surface area contributed by atoms with Gasteiger partial charge in [-0.1, -0.05) is 41.4 Å². The van der Waals surface area contributed by atoms with E-state index in [1.54, 1.807) is 0 Å². The highest BCUT2D eigenvalue weighted by atomic mass is 35.5. The molecule has 0 unspecified atom stereocenters. The minimum absolute atomic E-state index is 0.119. The van der Waals surface area contributed by atoms with E-state index >= 15 is 0 Å². The zero-order valence-corrected chi connectivity index (χ0v) is 16.1. The van der Waals surface area contributed by atoms with Gasteiger partial charge >= 0.3 is 0 Å². The molecule has 1 N–H and O–H groups in total. The van der Waals surface area contributed by atoms with E-state index in [0.29, 0.717) is 5.02 Å². The molecule has 7 heteroatoms. The van der Waals surface area contributed by atoms with Crippen LogP contribution in [0.1, 0.15) is 24.0 Å². The molecule has 2 aromatic carbocycles. The van der Waals surface area contributed by atoms with Gasteiger partial charge < -0.3 is 5.32 Å². The molecule has 0 saturated heterocycles. The Kier molecular flexibility index (Phi) is 5.65. The third-order valence-electron chi connectivity index (χ3n) is 4.16. The molecule has 0 bridgehead atoms. The number of rotatable bonds is 7. The van der Waals surface area contributed by atoms with Crippen LogP contribution in [0.3, 0.4) is 0 Å². The number of halogens is 1. The summed E-state index contributed by atoms with van der Waals surface area (Å²) in [7, 11) is -3.83. The van der Waals surface area contributed by atoms with Crippen molar-refractivity contribution >= 4 is 27.5 Å². The fourth-order valence-electron chi connectivity index (χ4n) is 2.66. The highest BCUT2D eigenvalue weighted by Gasteiger charge is 2.29. The van der Waals surface area contributed by atoms with Gasteiger partial charge in [0.25, 0.3) is 0 Å². The highest BCUT2D eigenvalue weighted by Crippen LogP contribution is 2.22. The number of benzene rings is 2. The van der Waals surface area contributed by atoms with Crippen molar-refractivity contribution in [3.05, 3.63) is 64.7 Å². The molecule has 0 radical (unpaired) electrons. The molecule has 2 aromatic rings. The minimum atomic E-state index is -3.83. The fourth-order valence-corrected chi connectivity index (χ4v) is 4.17. The van der Waals surface area contributed by atoms with Crippen molar-refractivity contribution in [1.29, 1.82) is 0 Å². The average Bonchev–Trinajstić information content (AvgIpc) is 3.38. The topological polar surface area (TPSA) is 66.5 Å². The summed E-state index contributed by atoms with van der Waals surface area (Å²) < 4.78 is 27.4. The first-order valence-electron chi connectivity index (χ1n) is 8.45. The SMILES string of the molecule is Cc1cccc(CN(CC(=O)NC2CC2)S(=O)(=O)c2ccc(Cl)cc2)c1. The highest BCUT2D eigenvalue weighted by molar-refractivity contribution is 7.89. The van der Waals surface area contributed by atoms with Gasteiger partial charge in [-0.25, -0.2) is 8.42 Å². The van der Waals surface area contributed by atoms with Gasteiger partial charge in [-0.05, 0) is 49.6 Å². The maximum Gasteiger partial charge on any atom is 0.243 e. The number of amides is 1. The van der Waals surface area contributed by atoms with Crippen LogP contribution in [-0.4, -0.2) is 31.2 Å². The molecular weight excluding hydrogens is 372 g/mol. The van der Waals surface area contributed by atoms with Crippen molar-refractivity contribution in [3.63, 3.8) is 0 Å². The molecule has 0 atom stereocenters. The van der Waals surface area contributed by atoms with E-state index < -0.39 is 10.0 Å². The van der Waals surface area contributed by atoms with Crippen molar-refractivity contribution in [2.24, 2.45) is 0 Å². The first kappa shape index (κ1) is 18.9. The zero-order valence-electron chi connectivity index (χ0n) is 14.5. The second-order valence-electron chi connectivity index (χ2n) is 6.56. The molecule has 0 aliphatic heterocycles. The molecular formula is C19H21ClN2O3S. The normalized spacial score (nSPS) is 14.4. The zero-order chi connectivity index (χ0) is 18.7. The van der Waals surface area contributed by atoms with Gasteiger partial charge in [0.05, 0.1) is 11.4 Å². The third kappa shape index (κ3) is 4.84. The van der Waals surface area contributed by atoms with Gasteiger partial charge in [0, 0.05) is 17.6 Å². The molecule has 1 aliphatic carbocycles. The van der Waals surface area contributed by atoms with Crippen LogP contribution >= 0.6 is 11.6 Å². The lowest BCUT2D eigenvalue weighted by atomic mass is 10.1. The molecule has 1 saturated carbocycles. The van der Waals surface area contributed by atoms with Crippen LogP contribution in [0.4, 0.5) is 0 Å². The van der Waals surface area contributed by atoms with Crippen molar-refractivity contribution in [2.45, 2.75) is 37.2 Å². The second-order valence-corrected chi connectivity index (χ2v) is 8.93. The molecule has 5 nitrogen and oxygen atoms in total. The molecule has 0 heterocycles. The molecule has 0 aromatic heterocycles. The average molecular weight is 393 g/mol. The Morgan fingerprint density at radius 1 is 1.19 bits per heavy atom. The standard InChI is InChI=1S/C19H21ClN2O3S/c1-14-3-2-4-15(11-14)12-22(13-19(23)21-17-7-8-17)26(24,25)18-9-5-16(20)6-10-18/h2-6,9-11,17H,7-8,12-13H2,1H3,(H,21,23). The van der Waals surface area contributed by atoms with E-state index in [4.69, 9.17) is 11.6 Å². The summed E-state index contributed by atoms with van der Waals surface area (Å²) in [6.45, 7) is 1.86. The molecule has 26 heavy (non-hydrogen) atoms. The van der Waals surface area contributed by atoms with Gasteiger partial charge in [-0.3, -0.25) is 4.79 Å². The lowest BCUT2D eigenvalue weighted by Gasteiger charge is -2.22. The lowest BCUT2D eigenvalue weighted by Crippen LogP contribution is -2.41. The smallest absolute Gasteiger partial charge is 0.243 e. The number of carbonyl (C=O) groups is 1. The maximum absolute atomic E-state index is 13.1. The summed E-state index contributed by atoms with van der Waals surface area (Å²) >= 11 is 5.86. The predicted molar refractivity (Wildman–Crippen MR) is 101 cm³/mol. The first-order valence-corrected chi connectivity index (χ1v) is 10.3. The van der Waals surface area contributed by atoms with Crippen LogP contribution in [-0.2, 0) is 21.4 Å². The van der Waals surface area contributed by atoms with Crippen LogP contribution < -0.4 is 5.32 Å². The van der Waals surface area contributed by atoms with Crippen LogP contribution in [0.15, 0.2) is 53.4 Å². The quantitative estimate of drug-likeness (QED) is 0.787. The van der Waals surface area contributed by atoms with Gasteiger partial charge in [0.15, 0.2) is 0 Å². The van der Waals surface area contributed by atoms with Gasteiger partial charge in [-0.2, -0.15) is 4.31 Å². The van der Waals surface area contributed by atoms with Crippen molar-refractivity contribution in [2.75, 3.05) is 6.54 Å². The Labute approximate surface area is 159 Å². The van der Waals surface area contributed by atoms with Crippen molar-refractivity contribution in [3.8, 4) is 0 Å². The Morgan fingerprint density at radius 3 is 2.50 bits per heavy atom. The second kappa shape index (κ2) is 7.78. The van der Waals surface area contributed by atoms with Gasteiger partial charge in [-0.15, -0.1) is 0 Å². The monoisotopic (exact) mass is 392 g/mol. The van der Waals surface area contributed by atoms with Gasteiger partial charge in [0.1, 0.15) is 0 Å². The third-order valence-corrected chi connectivity index (χ3v) is 6.21. The summed E-state index contributed by atoms with van der Waals surface area (Å²) in [6.07, 6.45) is 1.90. The number of hydrogen-bond donors (Lipinski definition) is 1. The fraction of sp³-hybridized carbons (Fsp3) is 0.316. The summed E-state index contributed by atoms with van der Waals surface area (Å²) in [5, 5.41) is 3.31. The molecule has 0 spiro atoms. The van der Waals surface area contributed by atoms with E-state index in [1.165, 1.54) is 28.6 Å². The Bertz CT molecular complexity index is 893. The van der Waals surface area contributed by atoms with E-state index in [2.05, 4.69) is 5.32 Å². The van der Waals surface area contributed by atoms with E-state index in [-0.39, 0.29) is 29.9 Å². The Hall–Kier alpha value is -1.89. The number of aryl methyl sites for hydroxylation is 1. The lowest BCUT2D eigenvalue weighted by molar-refractivity contribution is -0.121. The van der Waals surface area contributed by atoms with Crippen LogP contribution in [0.5, 0.6) is 0 Å². The Balaban J connectivity index is 1.87.